The van der Waals surface area contributed by atoms with Gasteiger partial charge in [-0.2, -0.15) is 4.98 Å². The molecule has 1 aromatic carbocycles. The van der Waals surface area contributed by atoms with Crippen LogP contribution in [0.3, 0.4) is 0 Å². The van der Waals surface area contributed by atoms with Gasteiger partial charge in [-0.25, -0.2) is 4.98 Å². The standard InChI is InChI=1S/C20H27N5O2/c1-25(2)18-12-13-21-20(24-18)23-16-10-8-15(9-11-16)22-19(26)14-27-17-6-4-3-5-7-17/h3-7,12-13,15-16H,8-11,14H2,1-2H3,(H,22,26)(H,21,23,24)/t15-,16+. The maximum Gasteiger partial charge on any atom is 0.258 e. The second kappa shape index (κ2) is 9.21. The molecule has 1 aromatic heterocycles. The number of anilines is 2. The van der Waals surface area contributed by atoms with Crippen LogP contribution in [0.4, 0.5) is 11.8 Å². The zero-order valence-electron chi connectivity index (χ0n) is 15.9. The molecule has 2 aromatic rings. The number of hydrogen-bond donors (Lipinski definition) is 2. The lowest BCUT2D eigenvalue weighted by Gasteiger charge is -2.29. The number of ether oxygens (including phenoxy) is 1. The number of hydrogen-bond acceptors (Lipinski definition) is 6. The lowest BCUT2D eigenvalue weighted by Crippen LogP contribution is -2.42. The number of aromatic nitrogens is 2. The summed E-state index contributed by atoms with van der Waals surface area (Å²) in [5.74, 6) is 2.18. The molecule has 0 spiro atoms. The summed E-state index contributed by atoms with van der Waals surface area (Å²) < 4.78 is 5.50. The van der Waals surface area contributed by atoms with E-state index in [9.17, 15) is 4.79 Å². The number of amides is 1. The first-order chi connectivity index (χ1) is 13.1. The van der Waals surface area contributed by atoms with E-state index in [0.717, 1.165) is 31.5 Å². The van der Waals surface area contributed by atoms with E-state index in [0.29, 0.717) is 17.7 Å². The minimum atomic E-state index is -0.0720. The lowest BCUT2D eigenvalue weighted by molar-refractivity contribution is -0.124. The number of nitrogens with zero attached hydrogens (tertiary/aromatic N) is 3. The first-order valence-corrected chi connectivity index (χ1v) is 9.34. The van der Waals surface area contributed by atoms with Crippen molar-refractivity contribution >= 4 is 17.7 Å². The van der Waals surface area contributed by atoms with Gasteiger partial charge in [0.25, 0.3) is 5.91 Å². The van der Waals surface area contributed by atoms with Crippen LogP contribution in [-0.2, 0) is 4.79 Å². The van der Waals surface area contributed by atoms with E-state index in [1.807, 2.05) is 55.4 Å². The molecule has 0 radical (unpaired) electrons. The van der Waals surface area contributed by atoms with Crippen LogP contribution >= 0.6 is 0 Å². The summed E-state index contributed by atoms with van der Waals surface area (Å²) in [6.45, 7) is 0.0490. The molecular weight excluding hydrogens is 342 g/mol. The predicted octanol–water partition coefficient (Wildman–Crippen LogP) is 2.46. The third-order valence-corrected chi connectivity index (χ3v) is 4.64. The summed E-state index contributed by atoms with van der Waals surface area (Å²) in [7, 11) is 3.92. The molecule has 1 aliphatic rings. The van der Waals surface area contributed by atoms with Gasteiger partial charge in [0.15, 0.2) is 6.61 Å². The van der Waals surface area contributed by atoms with Gasteiger partial charge in [0.05, 0.1) is 0 Å². The zero-order valence-corrected chi connectivity index (χ0v) is 15.9. The molecular formula is C20H27N5O2. The molecule has 0 unspecified atom stereocenters. The van der Waals surface area contributed by atoms with Crippen LogP contribution in [0.15, 0.2) is 42.6 Å². The third-order valence-electron chi connectivity index (χ3n) is 4.64. The van der Waals surface area contributed by atoms with Crippen molar-refractivity contribution in [3.63, 3.8) is 0 Å². The summed E-state index contributed by atoms with van der Waals surface area (Å²) >= 11 is 0. The van der Waals surface area contributed by atoms with Crippen molar-refractivity contribution in [1.29, 1.82) is 0 Å². The Morgan fingerprint density at radius 1 is 1.11 bits per heavy atom. The quantitative estimate of drug-likeness (QED) is 0.780. The van der Waals surface area contributed by atoms with Crippen molar-refractivity contribution in [2.24, 2.45) is 0 Å². The van der Waals surface area contributed by atoms with Gasteiger partial charge >= 0.3 is 0 Å². The molecule has 1 saturated carbocycles. The SMILES string of the molecule is CN(C)c1ccnc(N[C@H]2CC[C@@H](NC(=O)COc3ccccc3)CC2)n1. The smallest absolute Gasteiger partial charge is 0.258 e. The van der Waals surface area contributed by atoms with Gasteiger partial charge in [0.1, 0.15) is 11.6 Å². The Hall–Kier alpha value is -2.83. The number of para-hydroxylation sites is 1. The van der Waals surface area contributed by atoms with E-state index in [-0.39, 0.29) is 18.6 Å². The van der Waals surface area contributed by atoms with Crippen LogP contribution in [0.25, 0.3) is 0 Å². The summed E-state index contributed by atoms with van der Waals surface area (Å²) in [5.41, 5.74) is 0. The molecule has 0 saturated heterocycles. The zero-order chi connectivity index (χ0) is 19.1. The molecule has 2 N–H and O–H groups in total. The highest BCUT2D eigenvalue weighted by Crippen LogP contribution is 2.21. The van der Waals surface area contributed by atoms with Crippen LogP contribution in [0, 0.1) is 0 Å². The number of benzene rings is 1. The number of carbonyl (C=O) groups excluding carboxylic acids is 1. The van der Waals surface area contributed by atoms with Crippen molar-refractivity contribution in [2.45, 2.75) is 37.8 Å². The van der Waals surface area contributed by atoms with Crippen LogP contribution < -0.4 is 20.3 Å². The molecule has 0 atom stereocenters. The van der Waals surface area contributed by atoms with Crippen molar-refractivity contribution in [2.75, 3.05) is 30.9 Å². The fourth-order valence-corrected chi connectivity index (χ4v) is 3.17. The second-order valence-corrected chi connectivity index (χ2v) is 7.00. The van der Waals surface area contributed by atoms with E-state index >= 15 is 0 Å². The second-order valence-electron chi connectivity index (χ2n) is 7.00. The normalized spacial score (nSPS) is 19.2. The summed E-state index contributed by atoms with van der Waals surface area (Å²) in [6.07, 6.45) is 5.58. The Balaban J connectivity index is 1.39. The Bertz CT molecular complexity index is 730. The summed E-state index contributed by atoms with van der Waals surface area (Å²) in [4.78, 5) is 22.8. The Morgan fingerprint density at radius 3 is 2.52 bits per heavy atom. The van der Waals surface area contributed by atoms with E-state index in [4.69, 9.17) is 4.74 Å². The highest BCUT2D eigenvalue weighted by atomic mass is 16.5. The van der Waals surface area contributed by atoms with E-state index in [1.165, 1.54) is 0 Å². The molecule has 7 nitrogen and oxygen atoms in total. The van der Waals surface area contributed by atoms with Gasteiger partial charge < -0.3 is 20.3 Å². The molecule has 144 valence electrons. The monoisotopic (exact) mass is 369 g/mol. The van der Waals surface area contributed by atoms with Crippen LogP contribution in [0.5, 0.6) is 5.75 Å². The molecule has 3 rings (SSSR count). The molecule has 27 heavy (non-hydrogen) atoms. The van der Waals surface area contributed by atoms with Gasteiger partial charge in [-0.05, 0) is 43.9 Å². The summed E-state index contributed by atoms with van der Waals surface area (Å²) in [5, 5.41) is 6.48. The maximum atomic E-state index is 12.1. The molecule has 1 heterocycles. The third kappa shape index (κ3) is 5.84. The molecule has 7 heteroatoms. The number of rotatable bonds is 7. The molecule has 1 fully saturated rings. The average Bonchev–Trinajstić information content (AvgIpc) is 2.69. The first-order valence-electron chi connectivity index (χ1n) is 9.34. The largest absolute Gasteiger partial charge is 0.484 e. The fourth-order valence-electron chi connectivity index (χ4n) is 3.17. The van der Waals surface area contributed by atoms with Crippen LogP contribution in [0.1, 0.15) is 25.7 Å². The maximum absolute atomic E-state index is 12.1. The van der Waals surface area contributed by atoms with Gasteiger partial charge in [-0.3, -0.25) is 4.79 Å². The molecule has 1 amide bonds. The van der Waals surface area contributed by atoms with Crippen LogP contribution in [0.2, 0.25) is 0 Å². The highest BCUT2D eigenvalue weighted by Gasteiger charge is 2.23. The first kappa shape index (κ1) is 18.9. The van der Waals surface area contributed by atoms with E-state index in [1.54, 1.807) is 6.20 Å². The topological polar surface area (TPSA) is 79.4 Å². The highest BCUT2D eigenvalue weighted by molar-refractivity contribution is 5.77. The molecule has 0 aliphatic heterocycles. The van der Waals surface area contributed by atoms with Gasteiger partial charge in [-0.15, -0.1) is 0 Å². The van der Waals surface area contributed by atoms with Gasteiger partial charge in [0, 0.05) is 32.4 Å². The average molecular weight is 369 g/mol. The Kier molecular flexibility index (Phi) is 6.46. The minimum absolute atomic E-state index is 0.0490. The van der Waals surface area contributed by atoms with Crippen molar-refractivity contribution < 1.29 is 9.53 Å². The van der Waals surface area contributed by atoms with Gasteiger partial charge in [0.2, 0.25) is 5.95 Å². The fraction of sp³-hybridized carbons (Fsp3) is 0.450. The van der Waals surface area contributed by atoms with E-state index in [2.05, 4.69) is 20.6 Å². The number of carbonyl (C=O) groups is 1. The minimum Gasteiger partial charge on any atom is -0.484 e. The van der Waals surface area contributed by atoms with Crippen molar-refractivity contribution in [3.05, 3.63) is 42.6 Å². The number of nitrogens with one attached hydrogen (secondary N) is 2. The van der Waals surface area contributed by atoms with Crippen LogP contribution in [-0.4, -0.2) is 48.7 Å². The molecule has 1 aliphatic carbocycles. The lowest BCUT2D eigenvalue weighted by atomic mass is 9.91. The Morgan fingerprint density at radius 2 is 1.81 bits per heavy atom. The predicted molar refractivity (Wildman–Crippen MR) is 106 cm³/mol. The van der Waals surface area contributed by atoms with Crippen molar-refractivity contribution in [1.82, 2.24) is 15.3 Å². The van der Waals surface area contributed by atoms with Gasteiger partial charge in [-0.1, -0.05) is 18.2 Å². The van der Waals surface area contributed by atoms with E-state index < -0.39 is 0 Å². The molecule has 0 bridgehead atoms. The van der Waals surface area contributed by atoms with Crippen molar-refractivity contribution in [3.8, 4) is 5.75 Å². The summed E-state index contributed by atoms with van der Waals surface area (Å²) in [6, 6.07) is 11.8. The Labute approximate surface area is 160 Å².